The Morgan fingerprint density at radius 1 is 1.70 bits per heavy atom. The third-order valence-corrected chi connectivity index (χ3v) is 1.51. The van der Waals surface area contributed by atoms with Crippen LogP contribution < -0.4 is 0 Å². The molecule has 0 amide bonds. The van der Waals surface area contributed by atoms with Crippen LogP contribution in [0.4, 0.5) is 0 Å². The van der Waals surface area contributed by atoms with Crippen molar-refractivity contribution in [3.8, 4) is 12.3 Å². The average molecular weight is 152 g/mol. The minimum atomic E-state index is 1.06. The van der Waals surface area contributed by atoms with E-state index >= 15 is 0 Å². The Balaban J connectivity index is 3.73. The van der Waals surface area contributed by atoms with Crippen molar-refractivity contribution < 1.29 is 0 Å². The minimum absolute atomic E-state index is 1.06. The van der Waals surface area contributed by atoms with Crippen molar-refractivity contribution in [3.05, 3.63) is 23.8 Å². The second kappa shape index (κ2) is 6.51. The molecule has 0 fully saturated rings. The molecule has 0 aliphatic rings. The highest BCUT2D eigenvalue weighted by atomic mass is 32.2. The molecule has 0 atom stereocenters. The predicted molar refractivity (Wildman–Crippen MR) is 50.1 cm³/mol. The van der Waals surface area contributed by atoms with Crippen LogP contribution >= 0.6 is 11.8 Å². The van der Waals surface area contributed by atoms with Crippen LogP contribution in [-0.4, -0.2) is 12.0 Å². The van der Waals surface area contributed by atoms with E-state index in [9.17, 15) is 0 Å². The lowest BCUT2D eigenvalue weighted by Gasteiger charge is -1.88. The average Bonchev–Trinajstić information content (AvgIpc) is 1.97. The lowest BCUT2D eigenvalue weighted by molar-refractivity contribution is 1.49. The number of hydrogen-bond acceptors (Lipinski definition) is 1. The van der Waals surface area contributed by atoms with E-state index in [1.807, 2.05) is 13.0 Å². The molecule has 0 radical (unpaired) electrons. The SMILES string of the molecule is C#C/C=C\C(C)=C/CSC. The molecule has 0 heterocycles. The number of rotatable bonds is 3. The molecule has 0 saturated carbocycles. The van der Waals surface area contributed by atoms with Gasteiger partial charge in [0.2, 0.25) is 0 Å². The third-order valence-electron chi connectivity index (χ3n) is 1.01. The van der Waals surface area contributed by atoms with E-state index in [0.717, 1.165) is 5.75 Å². The monoisotopic (exact) mass is 152 g/mol. The highest BCUT2D eigenvalue weighted by Gasteiger charge is 1.78. The molecule has 1 heteroatoms. The van der Waals surface area contributed by atoms with Crippen molar-refractivity contribution in [2.45, 2.75) is 6.92 Å². The van der Waals surface area contributed by atoms with E-state index in [1.165, 1.54) is 5.57 Å². The Hall–Kier alpha value is -0.610. The Bertz CT molecular complexity index is 170. The van der Waals surface area contributed by atoms with Gasteiger partial charge in [0.1, 0.15) is 0 Å². The molecule has 0 saturated heterocycles. The molecular weight excluding hydrogens is 140 g/mol. The molecule has 0 N–H and O–H groups in total. The Kier molecular flexibility index (Phi) is 6.11. The van der Waals surface area contributed by atoms with Crippen molar-refractivity contribution in [2.24, 2.45) is 0 Å². The Labute approximate surface area is 67.4 Å². The first-order chi connectivity index (χ1) is 4.81. The Morgan fingerprint density at radius 3 is 2.90 bits per heavy atom. The summed E-state index contributed by atoms with van der Waals surface area (Å²) in [6.45, 7) is 2.05. The van der Waals surface area contributed by atoms with Crippen LogP contribution in [0.5, 0.6) is 0 Å². The second-order valence-electron chi connectivity index (χ2n) is 1.90. The molecule has 0 aliphatic heterocycles. The van der Waals surface area contributed by atoms with E-state index in [0.29, 0.717) is 0 Å². The highest BCUT2D eigenvalue weighted by Crippen LogP contribution is 1.98. The van der Waals surface area contributed by atoms with Gasteiger partial charge in [-0.1, -0.05) is 23.6 Å². The molecule has 0 unspecified atom stereocenters. The standard InChI is InChI=1S/C9H12S/c1-4-5-6-9(2)7-8-10-3/h1,5-7H,8H2,2-3H3/b6-5-,9-7-. The fraction of sp³-hybridized carbons (Fsp3) is 0.333. The smallest absolute Gasteiger partial charge is 0.0116 e. The van der Waals surface area contributed by atoms with Crippen LogP contribution in [-0.2, 0) is 0 Å². The number of terminal acetylenes is 1. The van der Waals surface area contributed by atoms with Crippen LogP contribution in [0.1, 0.15) is 6.92 Å². The lowest BCUT2D eigenvalue weighted by atomic mass is 10.3. The van der Waals surface area contributed by atoms with E-state index in [2.05, 4.69) is 18.3 Å². The fourth-order valence-corrected chi connectivity index (χ4v) is 0.892. The van der Waals surface area contributed by atoms with Crippen LogP contribution in [0.2, 0.25) is 0 Å². The van der Waals surface area contributed by atoms with Crippen LogP contribution in [0, 0.1) is 12.3 Å². The maximum atomic E-state index is 5.04. The minimum Gasteiger partial charge on any atom is -0.161 e. The van der Waals surface area contributed by atoms with Crippen molar-refractivity contribution in [3.63, 3.8) is 0 Å². The van der Waals surface area contributed by atoms with Crippen molar-refractivity contribution in [2.75, 3.05) is 12.0 Å². The van der Waals surface area contributed by atoms with E-state index in [4.69, 9.17) is 6.42 Å². The Morgan fingerprint density at radius 2 is 2.40 bits per heavy atom. The molecule has 0 aromatic heterocycles. The first-order valence-corrected chi connectivity index (χ1v) is 4.49. The highest BCUT2D eigenvalue weighted by molar-refractivity contribution is 7.98. The summed E-state index contributed by atoms with van der Waals surface area (Å²) in [7, 11) is 0. The van der Waals surface area contributed by atoms with E-state index in [-0.39, 0.29) is 0 Å². The maximum Gasteiger partial charge on any atom is 0.0116 e. The summed E-state index contributed by atoms with van der Waals surface area (Å²) in [5.74, 6) is 3.50. The predicted octanol–water partition coefficient (Wildman–Crippen LogP) is 2.49. The van der Waals surface area contributed by atoms with E-state index < -0.39 is 0 Å². The van der Waals surface area contributed by atoms with Crippen LogP contribution in [0.3, 0.4) is 0 Å². The summed E-state index contributed by atoms with van der Waals surface area (Å²) in [5.41, 5.74) is 1.23. The van der Waals surface area contributed by atoms with Gasteiger partial charge in [-0.3, -0.25) is 0 Å². The molecule has 10 heavy (non-hydrogen) atoms. The first-order valence-electron chi connectivity index (χ1n) is 3.09. The molecule has 0 spiro atoms. The zero-order valence-corrected chi connectivity index (χ0v) is 7.24. The topological polar surface area (TPSA) is 0 Å². The van der Waals surface area contributed by atoms with Gasteiger partial charge in [-0.15, -0.1) is 6.42 Å². The fourth-order valence-electron chi connectivity index (χ4n) is 0.462. The first kappa shape index (κ1) is 9.39. The van der Waals surface area contributed by atoms with Crippen molar-refractivity contribution >= 4 is 11.8 Å². The van der Waals surface area contributed by atoms with Crippen molar-refractivity contribution in [1.29, 1.82) is 0 Å². The van der Waals surface area contributed by atoms with Gasteiger partial charge >= 0.3 is 0 Å². The number of hydrogen-bond donors (Lipinski definition) is 0. The molecule has 0 aromatic rings. The molecular formula is C9H12S. The molecule has 0 nitrogen and oxygen atoms in total. The quantitative estimate of drug-likeness (QED) is 0.442. The molecule has 0 aromatic carbocycles. The summed E-state index contributed by atoms with van der Waals surface area (Å²) in [6.07, 6.45) is 12.9. The lowest BCUT2D eigenvalue weighted by Crippen LogP contribution is -1.71. The van der Waals surface area contributed by atoms with Gasteiger partial charge in [-0.25, -0.2) is 0 Å². The van der Waals surface area contributed by atoms with Gasteiger partial charge in [-0.05, 0) is 19.3 Å². The number of allylic oxidation sites excluding steroid dienone is 3. The largest absolute Gasteiger partial charge is 0.161 e. The van der Waals surface area contributed by atoms with Gasteiger partial charge in [0, 0.05) is 5.75 Å². The summed E-state index contributed by atoms with van der Waals surface area (Å²) < 4.78 is 0. The number of thioether (sulfide) groups is 1. The molecule has 0 aliphatic carbocycles. The van der Waals surface area contributed by atoms with Gasteiger partial charge in [-0.2, -0.15) is 11.8 Å². The van der Waals surface area contributed by atoms with Gasteiger partial charge in [0.05, 0.1) is 0 Å². The second-order valence-corrected chi connectivity index (χ2v) is 2.81. The molecule has 0 bridgehead atoms. The summed E-state index contributed by atoms with van der Waals surface area (Å²) in [5, 5.41) is 0. The maximum absolute atomic E-state index is 5.04. The third kappa shape index (κ3) is 5.53. The zero-order chi connectivity index (χ0) is 7.82. The van der Waals surface area contributed by atoms with Crippen molar-refractivity contribution in [1.82, 2.24) is 0 Å². The van der Waals surface area contributed by atoms with Gasteiger partial charge < -0.3 is 0 Å². The zero-order valence-electron chi connectivity index (χ0n) is 6.42. The normalized spacial score (nSPS) is 11.9. The molecule has 0 rings (SSSR count). The van der Waals surface area contributed by atoms with E-state index in [1.54, 1.807) is 17.8 Å². The molecule has 54 valence electrons. The summed E-state index contributed by atoms with van der Waals surface area (Å²) in [4.78, 5) is 0. The van der Waals surface area contributed by atoms with Gasteiger partial charge in [0.25, 0.3) is 0 Å². The van der Waals surface area contributed by atoms with Crippen LogP contribution in [0.25, 0.3) is 0 Å². The summed E-state index contributed by atoms with van der Waals surface area (Å²) >= 11 is 1.80. The van der Waals surface area contributed by atoms with Gasteiger partial charge in [0.15, 0.2) is 0 Å². The summed E-state index contributed by atoms with van der Waals surface area (Å²) in [6, 6.07) is 0. The van der Waals surface area contributed by atoms with Crippen LogP contribution in [0.15, 0.2) is 23.8 Å².